The monoisotopic (exact) mass is 104 g/mol. The molecule has 1 nitrogen and oxygen atoms in total. The Morgan fingerprint density at radius 2 is 1.62 bits per heavy atom. The van der Waals surface area contributed by atoms with Gasteiger partial charge < -0.3 is 5.11 Å². The van der Waals surface area contributed by atoms with Crippen molar-refractivity contribution in [3.8, 4) is 35.7 Å². The molecule has 0 rings (SSSR count). The van der Waals surface area contributed by atoms with Gasteiger partial charge in [0.25, 0.3) is 0 Å². The predicted octanol–water partition coefficient (Wildman–Crippen LogP) is 0.347. The summed E-state index contributed by atoms with van der Waals surface area (Å²) in [6.45, 7) is 1.68. The molecule has 0 unspecified atom stereocenters. The number of hydrogen-bond donors (Lipinski definition) is 1. The summed E-state index contributed by atoms with van der Waals surface area (Å²) < 4.78 is 0. The smallest absolute Gasteiger partial charge is 0.122 e. The summed E-state index contributed by atoms with van der Waals surface area (Å²) in [5, 5.41) is 7.85. The van der Waals surface area contributed by atoms with Crippen LogP contribution in [0.4, 0.5) is 0 Å². The van der Waals surface area contributed by atoms with Gasteiger partial charge in [0.1, 0.15) is 6.11 Å². The van der Waals surface area contributed by atoms with Crippen LogP contribution >= 0.6 is 0 Å². The quantitative estimate of drug-likeness (QED) is 0.439. The van der Waals surface area contributed by atoms with Crippen molar-refractivity contribution in [3.63, 3.8) is 0 Å². The van der Waals surface area contributed by atoms with Crippen molar-refractivity contribution in [1.29, 1.82) is 0 Å². The predicted molar refractivity (Wildman–Crippen MR) is 30.9 cm³/mol. The van der Waals surface area contributed by atoms with Gasteiger partial charge >= 0.3 is 0 Å². The lowest BCUT2D eigenvalue weighted by Gasteiger charge is -1.52. The molecule has 0 aromatic heterocycles. The first-order valence-electron chi connectivity index (χ1n) is 1.97. The maximum atomic E-state index is 7.85. The average molecular weight is 104 g/mol. The van der Waals surface area contributed by atoms with Crippen LogP contribution in [-0.2, 0) is 0 Å². The molecule has 0 aromatic carbocycles. The molecule has 0 aliphatic heterocycles. The molecule has 8 heavy (non-hydrogen) atoms. The van der Waals surface area contributed by atoms with Crippen molar-refractivity contribution in [3.05, 3.63) is 0 Å². The molecule has 0 aliphatic carbocycles. The Morgan fingerprint density at radius 1 is 1.00 bits per heavy atom. The molecule has 0 aliphatic rings. The number of hydrogen-bond acceptors (Lipinski definition) is 1. The van der Waals surface area contributed by atoms with Crippen molar-refractivity contribution in [2.45, 2.75) is 6.92 Å². The molecule has 1 heteroatoms. The van der Waals surface area contributed by atoms with E-state index in [1.54, 1.807) is 13.0 Å². The Bertz CT molecular complexity index is 194. The second-order valence-corrected chi connectivity index (χ2v) is 0.862. The summed E-state index contributed by atoms with van der Waals surface area (Å²) in [7, 11) is 0. The molecule has 0 amide bonds. The molecule has 0 atom stereocenters. The Labute approximate surface area is 48.7 Å². The van der Waals surface area contributed by atoms with Crippen LogP contribution < -0.4 is 0 Å². The second-order valence-electron chi connectivity index (χ2n) is 0.862. The highest BCUT2D eigenvalue weighted by Gasteiger charge is 1.49. The summed E-state index contributed by atoms with van der Waals surface area (Å²) >= 11 is 0. The molecule has 1 N–H and O–H groups in total. The van der Waals surface area contributed by atoms with Gasteiger partial charge in [-0.3, -0.25) is 0 Å². The maximum absolute atomic E-state index is 7.85. The molecule has 0 aromatic rings. The van der Waals surface area contributed by atoms with Gasteiger partial charge in [-0.1, -0.05) is 5.92 Å². The van der Waals surface area contributed by atoms with Crippen LogP contribution in [0.5, 0.6) is 0 Å². The van der Waals surface area contributed by atoms with E-state index in [4.69, 9.17) is 5.11 Å². The number of aliphatic hydroxyl groups excluding tert-OH is 1. The van der Waals surface area contributed by atoms with Crippen molar-refractivity contribution in [2.75, 3.05) is 0 Å². The number of aliphatic hydroxyl groups is 1. The van der Waals surface area contributed by atoms with Crippen LogP contribution in [0.2, 0.25) is 0 Å². The Kier molecular flexibility index (Phi) is 4.44. The number of rotatable bonds is 0. The van der Waals surface area contributed by atoms with Gasteiger partial charge in [0, 0.05) is 11.8 Å². The molecule has 0 spiro atoms. The highest BCUT2D eigenvalue weighted by Crippen LogP contribution is 1.50. The minimum absolute atomic E-state index is 1.64. The van der Waals surface area contributed by atoms with Gasteiger partial charge in [0.2, 0.25) is 0 Å². The van der Waals surface area contributed by atoms with Crippen molar-refractivity contribution < 1.29 is 5.11 Å². The van der Waals surface area contributed by atoms with Gasteiger partial charge in [-0.2, -0.15) is 0 Å². The fourth-order valence-corrected chi connectivity index (χ4v) is 0.153. The third kappa shape index (κ3) is 4.48. The van der Waals surface area contributed by atoms with Crippen molar-refractivity contribution in [1.82, 2.24) is 0 Å². The van der Waals surface area contributed by atoms with E-state index in [0.29, 0.717) is 0 Å². The largest absolute Gasteiger partial charge is 0.461 e. The molecule has 0 fully saturated rings. The van der Waals surface area contributed by atoms with Crippen LogP contribution in [0.1, 0.15) is 6.92 Å². The van der Waals surface area contributed by atoms with Crippen LogP contribution in [0.15, 0.2) is 0 Å². The zero-order valence-electron chi connectivity index (χ0n) is 4.45. The van der Waals surface area contributed by atoms with Gasteiger partial charge in [-0.15, -0.1) is 0 Å². The van der Waals surface area contributed by atoms with Crippen LogP contribution in [0, 0.1) is 35.7 Å². The molecule has 0 heterocycles. The lowest BCUT2D eigenvalue weighted by atomic mass is 10.5. The molecular formula is C7H4O. The fraction of sp³-hybridized carbons (Fsp3) is 0.143. The first-order chi connectivity index (χ1) is 3.91. The average Bonchev–Trinajstić information content (AvgIpc) is 1.81. The summed E-state index contributed by atoms with van der Waals surface area (Å²) in [5.41, 5.74) is 0. The highest BCUT2D eigenvalue weighted by molar-refractivity contribution is 5.33. The molecule has 0 bridgehead atoms. The van der Waals surface area contributed by atoms with E-state index in [9.17, 15) is 0 Å². The molecule has 0 saturated carbocycles. The SMILES string of the molecule is CC#CC#CC#CO. The normalized spacial score (nSPS) is 3.62. The minimum atomic E-state index is 1.64. The van der Waals surface area contributed by atoms with Gasteiger partial charge in [0.05, 0.1) is 0 Å². The van der Waals surface area contributed by atoms with Gasteiger partial charge in [-0.05, 0) is 18.8 Å². The van der Waals surface area contributed by atoms with E-state index in [1.807, 2.05) is 0 Å². The fourth-order valence-electron chi connectivity index (χ4n) is 0.153. The lowest BCUT2D eigenvalue weighted by molar-refractivity contribution is 0.517. The topological polar surface area (TPSA) is 20.2 Å². The Hall–Kier alpha value is -1.52. The lowest BCUT2D eigenvalue weighted by Crippen LogP contribution is -1.51. The summed E-state index contributed by atoms with van der Waals surface area (Å²) in [6, 6.07) is 0. The van der Waals surface area contributed by atoms with E-state index < -0.39 is 0 Å². The standard InChI is InChI=1S/C7H4O/c1-2-3-4-5-6-7-8/h8H,1H3. The molecular weight excluding hydrogens is 100 g/mol. The van der Waals surface area contributed by atoms with Crippen LogP contribution in [-0.4, -0.2) is 5.11 Å². The van der Waals surface area contributed by atoms with E-state index in [1.165, 1.54) is 0 Å². The molecule has 0 saturated heterocycles. The summed E-state index contributed by atoms with van der Waals surface area (Å²) in [4.78, 5) is 0. The van der Waals surface area contributed by atoms with E-state index in [-0.39, 0.29) is 0 Å². The summed E-state index contributed by atoms with van der Waals surface area (Å²) in [5.74, 6) is 11.8. The van der Waals surface area contributed by atoms with E-state index in [0.717, 1.165) is 0 Å². The van der Waals surface area contributed by atoms with Crippen molar-refractivity contribution >= 4 is 0 Å². The van der Waals surface area contributed by atoms with E-state index >= 15 is 0 Å². The van der Waals surface area contributed by atoms with Gasteiger partial charge in [-0.25, -0.2) is 0 Å². The zero-order valence-corrected chi connectivity index (χ0v) is 4.45. The first-order valence-corrected chi connectivity index (χ1v) is 1.97. The Balaban J connectivity index is 3.75. The first kappa shape index (κ1) is 6.48. The van der Waals surface area contributed by atoms with Crippen LogP contribution in [0.3, 0.4) is 0 Å². The third-order valence-electron chi connectivity index (χ3n) is 0.368. The van der Waals surface area contributed by atoms with Gasteiger partial charge in [0.15, 0.2) is 0 Å². The highest BCUT2D eigenvalue weighted by atomic mass is 16.2. The second kappa shape index (κ2) is 5.48. The summed E-state index contributed by atoms with van der Waals surface area (Å²) in [6.07, 6.45) is 1.64. The zero-order chi connectivity index (χ0) is 6.24. The van der Waals surface area contributed by atoms with Crippen LogP contribution in [0.25, 0.3) is 0 Å². The third-order valence-corrected chi connectivity index (χ3v) is 0.368. The molecule has 38 valence electrons. The van der Waals surface area contributed by atoms with Crippen molar-refractivity contribution in [2.24, 2.45) is 0 Å². The Morgan fingerprint density at radius 3 is 2.12 bits per heavy atom. The molecule has 0 radical (unpaired) electrons. The minimum Gasteiger partial charge on any atom is -0.461 e. The van der Waals surface area contributed by atoms with E-state index in [2.05, 4.69) is 29.6 Å². The maximum Gasteiger partial charge on any atom is 0.122 e.